The van der Waals surface area contributed by atoms with Gasteiger partial charge in [-0.1, -0.05) is 109 Å². The second kappa shape index (κ2) is 8.95. The fourth-order valence-corrected chi connectivity index (χ4v) is 6.74. The standard InChI is InChI=1S/C40H24O2/c1-2-10-25(11-3-1)28-12-4-5-13-29(28)38-32-16-8-6-14-30(32)37(31-15-7-9-17-33(31)38)27-18-20-34-36(24-27)42-35-21-19-26-22-23-41-40(26)39(34)35/h1-24H. The first-order chi connectivity index (χ1) is 20.8. The van der Waals surface area contributed by atoms with Crippen molar-refractivity contribution < 1.29 is 8.83 Å². The van der Waals surface area contributed by atoms with Crippen molar-refractivity contribution in [3.63, 3.8) is 0 Å². The molecule has 0 spiro atoms. The highest BCUT2D eigenvalue weighted by Gasteiger charge is 2.20. The van der Waals surface area contributed by atoms with Crippen molar-refractivity contribution >= 4 is 54.5 Å². The maximum absolute atomic E-state index is 6.41. The molecule has 2 aromatic heterocycles. The molecule has 0 amide bonds. The summed E-state index contributed by atoms with van der Waals surface area (Å²) in [5.41, 5.74) is 9.86. The lowest BCUT2D eigenvalue weighted by Gasteiger charge is -2.19. The summed E-state index contributed by atoms with van der Waals surface area (Å²) in [5.74, 6) is 0. The maximum Gasteiger partial charge on any atom is 0.145 e. The Hall–Kier alpha value is -5.60. The van der Waals surface area contributed by atoms with E-state index < -0.39 is 0 Å². The largest absolute Gasteiger partial charge is 0.464 e. The van der Waals surface area contributed by atoms with E-state index in [2.05, 4.69) is 127 Å². The molecule has 2 heteroatoms. The Bertz CT molecular complexity index is 2400. The number of rotatable bonds is 3. The first kappa shape index (κ1) is 23.1. The number of benzene rings is 7. The number of fused-ring (bicyclic) bond motifs is 7. The normalized spacial score (nSPS) is 11.8. The van der Waals surface area contributed by atoms with Gasteiger partial charge in [-0.15, -0.1) is 0 Å². The molecule has 9 rings (SSSR count). The van der Waals surface area contributed by atoms with Crippen molar-refractivity contribution in [2.24, 2.45) is 0 Å². The van der Waals surface area contributed by atoms with E-state index in [9.17, 15) is 0 Å². The van der Waals surface area contributed by atoms with Gasteiger partial charge in [0.15, 0.2) is 0 Å². The quantitative estimate of drug-likeness (QED) is 0.210. The molecular weight excluding hydrogens is 512 g/mol. The Balaban J connectivity index is 1.36. The summed E-state index contributed by atoms with van der Waals surface area (Å²) >= 11 is 0. The molecule has 0 saturated heterocycles. The lowest BCUT2D eigenvalue weighted by molar-refractivity contribution is 0.618. The van der Waals surface area contributed by atoms with Gasteiger partial charge in [0.05, 0.1) is 11.6 Å². The second-order valence-corrected chi connectivity index (χ2v) is 10.8. The third-order valence-corrected chi connectivity index (χ3v) is 8.56. The van der Waals surface area contributed by atoms with Crippen molar-refractivity contribution in [2.45, 2.75) is 0 Å². The molecule has 0 saturated carbocycles. The zero-order valence-electron chi connectivity index (χ0n) is 22.7. The minimum Gasteiger partial charge on any atom is -0.464 e. The average Bonchev–Trinajstić information content (AvgIpc) is 3.68. The molecule has 0 N–H and O–H groups in total. The van der Waals surface area contributed by atoms with E-state index in [1.807, 2.05) is 12.1 Å². The van der Waals surface area contributed by atoms with E-state index in [4.69, 9.17) is 8.83 Å². The summed E-state index contributed by atoms with van der Waals surface area (Å²) < 4.78 is 12.3. The predicted octanol–water partition coefficient (Wildman–Crippen LogP) is 11.6. The molecule has 0 bridgehead atoms. The van der Waals surface area contributed by atoms with Gasteiger partial charge in [0.25, 0.3) is 0 Å². The summed E-state index contributed by atoms with van der Waals surface area (Å²) in [5, 5.41) is 8.08. The summed E-state index contributed by atoms with van der Waals surface area (Å²) in [4.78, 5) is 0. The molecule has 0 aliphatic rings. The van der Waals surface area contributed by atoms with Gasteiger partial charge in [-0.3, -0.25) is 0 Å². The van der Waals surface area contributed by atoms with Gasteiger partial charge in [0, 0.05) is 10.8 Å². The lowest BCUT2D eigenvalue weighted by atomic mass is 9.84. The van der Waals surface area contributed by atoms with Crippen molar-refractivity contribution in [1.82, 2.24) is 0 Å². The van der Waals surface area contributed by atoms with E-state index >= 15 is 0 Å². The first-order valence-corrected chi connectivity index (χ1v) is 14.3. The zero-order chi connectivity index (χ0) is 27.6. The second-order valence-electron chi connectivity index (χ2n) is 10.8. The van der Waals surface area contributed by atoms with E-state index in [1.165, 1.54) is 49.4 Å². The molecule has 0 aliphatic heterocycles. The third kappa shape index (κ3) is 3.33. The highest BCUT2D eigenvalue weighted by Crippen LogP contribution is 2.47. The Morgan fingerprint density at radius 2 is 1.05 bits per heavy atom. The van der Waals surface area contributed by atoms with Crippen LogP contribution >= 0.6 is 0 Å². The van der Waals surface area contributed by atoms with E-state index in [0.717, 1.165) is 38.5 Å². The van der Waals surface area contributed by atoms with E-state index in [-0.39, 0.29) is 0 Å². The zero-order valence-corrected chi connectivity index (χ0v) is 22.7. The smallest absolute Gasteiger partial charge is 0.145 e. The van der Waals surface area contributed by atoms with Crippen molar-refractivity contribution in [3.05, 3.63) is 146 Å². The van der Waals surface area contributed by atoms with Crippen LogP contribution < -0.4 is 0 Å². The van der Waals surface area contributed by atoms with Crippen LogP contribution in [0.1, 0.15) is 0 Å². The molecule has 0 unspecified atom stereocenters. The van der Waals surface area contributed by atoms with E-state index in [0.29, 0.717) is 0 Å². The summed E-state index contributed by atoms with van der Waals surface area (Å²) in [6.07, 6.45) is 1.74. The first-order valence-electron chi connectivity index (χ1n) is 14.3. The molecule has 7 aromatic carbocycles. The molecule has 9 aromatic rings. The van der Waals surface area contributed by atoms with Crippen molar-refractivity contribution in [1.29, 1.82) is 0 Å². The van der Waals surface area contributed by atoms with Gasteiger partial charge in [-0.05, 0) is 85.3 Å². The summed E-state index contributed by atoms with van der Waals surface area (Å²) in [6, 6.07) is 49.7. The minimum atomic E-state index is 0.840. The topological polar surface area (TPSA) is 26.3 Å². The van der Waals surface area contributed by atoms with Crippen LogP contribution in [0.3, 0.4) is 0 Å². The van der Waals surface area contributed by atoms with Gasteiger partial charge in [0.2, 0.25) is 0 Å². The van der Waals surface area contributed by atoms with Gasteiger partial charge < -0.3 is 8.83 Å². The Morgan fingerprint density at radius 1 is 0.405 bits per heavy atom. The SMILES string of the molecule is c1ccc(-c2ccccc2-c2c3ccccc3c(-c3ccc4c(c3)oc3ccc5ccoc5c34)c3ccccc23)cc1. The molecule has 2 heterocycles. The van der Waals surface area contributed by atoms with Gasteiger partial charge in [-0.25, -0.2) is 0 Å². The predicted molar refractivity (Wildman–Crippen MR) is 175 cm³/mol. The Kier molecular flexibility index (Phi) is 4.93. The van der Waals surface area contributed by atoms with Crippen LogP contribution in [0.25, 0.3) is 87.8 Å². The number of hydrogen-bond donors (Lipinski definition) is 0. The fraction of sp³-hybridized carbons (Fsp3) is 0. The van der Waals surface area contributed by atoms with Crippen molar-refractivity contribution in [2.75, 3.05) is 0 Å². The number of furan rings is 2. The molecule has 0 atom stereocenters. The fourth-order valence-electron chi connectivity index (χ4n) is 6.74. The van der Waals surface area contributed by atoms with Gasteiger partial charge in [-0.2, -0.15) is 0 Å². The average molecular weight is 537 g/mol. The molecular formula is C40H24O2. The lowest BCUT2D eigenvalue weighted by Crippen LogP contribution is -1.92. The van der Waals surface area contributed by atoms with E-state index in [1.54, 1.807) is 6.26 Å². The molecule has 2 nitrogen and oxygen atoms in total. The van der Waals surface area contributed by atoms with Crippen LogP contribution in [0.2, 0.25) is 0 Å². The Morgan fingerprint density at radius 3 is 1.79 bits per heavy atom. The van der Waals surface area contributed by atoms with Crippen LogP contribution in [-0.2, 0) is 0 Å². The van der Waals surface area contributed by atoms with Crippen LogP contribution in [0, 0.1) is 0 Å². The molecule has 42 heavy (non-hydrogen) atoms. The highest BCUT2D eigenvalue weighted by molar-refractivity contribution is 6.23. The molecule has 0 aliphatic carbocycles. The van der Waals surface area contributed by atoms with Crippen LogP contribution in [0.15, 0.2) is 155 Å². The molecule has 0 fully saturated rings. The van der Waals surface area contributed by atoms with Crippen molar-refractivity contribution in [3.8, 4) is 33.4 Å². The maximum atomic E-state index is 6.41. The summed E-state index contributed by atoms with van der Waals surface area (Å²) in [6.45, 7) is 0. The number of hydrogen-bond acceptors (Lipinski definition) is 2. The monoisotopic (exact) mass is 536 g/mol. The van der Waals surface area contributed by atoms with Gasteiger partial charge >= 0.3 is 0 Å². The Labute approximate surface area is 242 Å². The molecule has 196 valence electrons. The molecule has 0 radical (unpaired) electrons. The highest BCUT2D eigenvalue weighted by atomic mass is 16.3. The minimum absolute atomic E-state index is 0.840. The van der Waals surface area contributed by atoms with Gasteiger partial charge in [0.1, 0.15) is 16.7 Å². The van der Waals surface area contributed by atoms with Crippen LogP contribution in [0.5, 0.6) is 0 Å². The third-order valence-electron chi connectivity index (χ3n) is 8.56. The van der Waals surface area contributed by atoms with Crippen LogP contribution in [-0.4, -0.2) is 0 Å². The van der Waals surface area contributed by atoms with Crippen LogP contribution in [0.4, 0.5) is 0 Å². The summed E-state index contributed by atoms with van der Waals surface area (Å²) in [7, 11) is 0.